The van der Waals surface area contributed by atoms with Crippen LogP contribution in [0.4, 0.5) is 23.2 Å². The molecule has 0 amide bonds. The monoisotopic (exact) mass is 412 g/mol. The molecule has 1 fully saturated rings. The zero-order valence-corrected chi connectivity index (χ0v) is 16.3. The topological polar surface area (TPSA) is 48.6 Å². The maximum absolute atomic E-state index is 15.0. The Balaban J connectivity index is 1.99. The number of para-hydroxylation sites is 1. The molecule has 2 N–H and O–H groups in total. The summed E-state index contributed by atoms with van der Waals surface area (Å²) in [5.41, 5.74) is 0.576. The predicted octanol–water partition coefficient (Wildman–Crippen LogP) is 4.11. The highest BCUT2D eigenvalue weighted by Gasteiger charge is 2.36. The van der Waals surface area contributed by atoms with Crippen LogP contribution in [0.5, 0.6) is 0 Å². The van der Waals surface area contributed by atoms with E-state index < -0.39 is 31.4 Å². The Kier molecular flexibility index (Phi) is 6.39. The van der Waals surface area contributed by atoms with E-state index in [9.17, 15) is 17.6 Å². The van der Waals surface area contributed by atoms with Crippen molar-refractivity contribution in [2.45, 2.75) is 50.1 Å². The normalized spacial score (nSPS) is 22.6. The molecule has 158 valence electrons. The highest BCUT2D eigenvalue weighted by atomic mass is 19.4. The molecule has 0 aliphatic heterocycles. The van der Waals surface area contributed by atoms with Crippen LogP contribution in [0.15, 0.2) is 22.6 Å². The van der Waals surface area contributed by atoms with Crippen molar-refractivity contribution >= 4 is 16.7 Å². The summed E-state index contributed by atoms with van der Waals surface area (Å²) in [4.78, 5) is 1.86. The maximum Gasteiger partial charge on any atom is 0.393 e. The number of aliphatic hydroxyl groups excluding tert-OH is 1. The van der Waals surface area contributed by atoms with Crippen molar-refractivity contribution in [3.05, 3.63) is 29.5 Å². The van der Waals surface area contributed by atoms with Crippen LogP contribution < -0.4 is 5.32 Å². The van der Waals surface area contributed by atoms with Gasteiger partial charge in [0.15, 0.2) is 11.3 Å². The molecule has 0 saturated heterocycles. The fourth-order valence-corrected chi connectivity index (χ4v) is 3.91. The standard InChI is InChI=1S/C21H24F4N2O2/c1-27(2)17-9-4-7-15(19(17)22)26-16-8-3-6-13-14(12-21(23,24)25)18(10-5-11-28)29-20(13)16/h3,6,8,15,17,19,26,28H,4,7,9,11-12H2,1-2H3. The number of nitrogens with one attached hydrogen (secondary N) is 1. The minimum Gasteiger partial charge on any atom is -0.445 e. The average molecular weight is 412 g/mol. The summed E-state index contributed by atoms with van der Waals surface area (Å²) in [5, 5.41) is 12.3. The molecule has 1 aromatic heterocycles. The van der Waals surface area contributed by atoms with Gasteiger partial charge in [0, 0.05) is 17.0 Å². The smallest absolute Gasteiger partial charge is 0.393 e. The Morgan fingerprint density at radius 1 is 1.28 bits per heavy atom. The molecule has 1 aliphatic carbocycles. The molecule has 8 heteroatoms. The Bertz CT molecular complexity index is 911. The number of benzene rings is 1. The number of aliphatic hydroxyl groups is 1. The van der Waals surface area contributed by atoms with Crippen LogP contribution in [0, 0.1) is 11.8 Å². The molecule has 1 aliphatic rings. The number of nitrogens with zero attached hydrogens (tertiary/aromatic N) is 1. The highest BCUT2D eigenvalue weighted by Crippen LogP contribution is 2.36. The zero-order chi connectivity index (χ0) is 21.2. The van der Waals surface area contributed by atoms with Gasteiger partial charge in [-0.05, 0) is 45.3 Å². The van der Waals surface area contributed by atoms with Crippen LogP contribution >= 0.6 is 0 Å². The lowest BCUT2D eigenvalue weighted by Crippen LogP contribution is -2.49. The number of alkyl halides is 4. The molecular weight excluding hydrogens is 388 g/mol. The number of hydrogen-bond donors (Lipinski definition) is 2. The fourth-order valence-electron chi connectivity index (χ4n) is 3.91. The van der Waals surface area contributed by atoms with E-state index in [2.05, 4.69) is 17.2 Å². The third kappa shape index (κ3) is 4.85. The van der Waals surface area contributed by atoms with Crippen molar-refractivity contribution in [2.24, 2.45) is 0 Å². The summed E-state index contributed by atoms with van der Waals surface area (Å²) < 4.78 is 59.9. The lowest BCUT2D eigenvalue weighted by Gasteiger charge is -2.37. The second-order valence-corrected chi connectivity index (χ2v) is 7.50. The summed E-state index contributed by atoms with van der Waals surface area (Å²) in [6.45, 7) is -0.495. The summed E-state index contributed by atoms with van der Waals surface area (Å²) in [6.07, 6.45) is -4.53. The van der Waals surface area contributed by atoms with Crippen molar-refractivity contribution in [1.82, 2.24) is 4.90 Å². The van der Waals surface area contributed by atoms with Crippen LogP contribution in [-0.2, 0) is 6.42 Å². The highest BCUT2D eigenvalue weighted by molar-refractivity contribution is 5.93. The van der Waals surface area contributed by atoms with E-state index in [0.29, 0.717) is 12.1 Å². The number of rotatable bonds is 4. The van der Waals surface area contributed by atoms with Crippen molar-refractivity contribution in [3.63, 3.8) is 0 Å². The van der Waals surface area contributed by atoms with Crippen molar-refractivity contribution in [2.75, 3.05) is 26.0 Å². The number of hydrogen-bond acceptors (Lipinski definition) is 4. The summed E-state index contributed by atoms with van der Waals surface area (Å²) in [6, 6.07) is 4.13. The third-order valence-electron chi connectivity index (χ3n) is 5.25. The number of anilines is 1. The Morgan fingerprint density at radius 3 is 2.69 bits per heavy atom. The van der Waals surface area contributed by atoms with Gasteiger partial charge in [0.1, 0.15) is 12.8 Å². The van der Waals surface area contributed by atoms with Crippen LogP contribution in [-0.4, -0.2) is 55.1 Å². The van der Waals surface area contributed by atoms with Crippen molar-refractivity contribution < 1.29 is 27.1 Å². The first-order chi connectivity index (χ1) is 13.7. The van der Waals surface area contributed by atoms with Crippen molar-refractivity contribution in [1.29, 1.82) is 0 Å². The van der Waals surface area contributed by atoms with Crippen molar-refractivity contribution in [3.8, 4) is 11.8 Å². The van der Waals surface area contributed by atoms with Crippen LogP contribution in [0.2, 0.25) is 0 Å². The van der Waals surface area contributed by atoms with Gasteiger partial charge >= 0.3 is 6.18 Å². The predicted molar refractivity (Wildman–Crippen MR) is 104 cm³/mol. The van der Waals surface area contributed by atoms with Gasteiger partial charge < -0.3 is 19.7 Å². The molecule has 29 heavy (non-hydrogen) atoms. The molecule has 0 bridgehead atoms. The third-order valence-corrected chi connectivity index (χ3v) is 5.25. The lowest BCUT2D eigenvalue weighted by molar-refractivity contribution is -0.127. The minimum absolute atomic E-state index is 0.0799. The molecule has 3 rings (SSSR count). The fraction of sp³-hybridized carbons (Fsp3) is 0.524. The first kappa shape index (κ1) is 21.5. The van der Waals surface area contributed by atoms with E-state index >= 15 is 0 Å². The molecule has 1 aromatic carbocycles. The first-order valence-electron chi connectivity index (χ1n) is 9.49. The summed E-state index contributed by atoms with van der Waals surface area (Å²) >= 11 is 0. The van der Waals surface area contributed by atoms with Gasteiger partial charge in [-0.15, -0.1) is 0 Å². The zero-order valence-electron chi connectivity index (χ0n) is 16.3. The SMILES string of the molecule is CN(C)C1CCCC(Nc2cccc3c(CC(F)(F)F)c(C#CCO)oc23)C1F. The van der Waals surface area contributed by atoms with E-state index in [4.69, 9.17) is 9.52 Å². The summed E-state index contributed by atoms with van der Waals surface area (Å²) in [5.74, 6) is 4.67. The molecule has 1 saturated carbocycles. The molecule has 1 heterocycles. The second kappa shape index (κ2) is 8.64. The number of halogens is 4. The molecule has 0 spiro atoms. The number of furan rings is 1. The first-order valence-corrected chi connectivity index (χ1v) is 9.49. The molecule has 4 nitrogen and oxygen atoms in total. The van der Waals surface area contributed by atoms with Gasteiger partial charge in [0.25, 0.3) is 0 Å². The van der Waals surface area contributed by atoms with Gasteiger partial charge in [-0.25, -0.2) is 4.39 Å². The van der Waals surface area contributed by atoms with E-state index in [1.807, 2.05) is 19.0 Å². The van der Waals surface area contributed by atoms with Crippen LogP contribution in [0.1, 0.15) is 30.6 Å². The molecule has 2 aromatic rings. The molecular formula is C21H24F4N2O2. The van der Waals surface area contributed by atoms with Gasteiger partial charge in [0.05, 0.1) is 18.2 Å². The Morgan fingerprint density at radius 2 is 2.03 bits per heavy atom. The van der Waals surface area contributed by atoms with E-state index in [1.54, 1.807) is 12.1 Å². The van der Waals surface area contributed by atoms with E-state index in [1.165, 1.54) is 6.07 Å². The van der Waals surface area contributed by atoms with Gasteiger partial charge in [-0.3, -0.25) is 0 Å². The lowest BCUT2D eigenvalue weighted by atomic mass is 9.88. The minimum atomic E-state index is -4.44. The van der Waals surface area contributed by atoms with Crippen LogP contribution in [0.3, 0.4) is 0 Å². The van der Waals surface area contributed by atoms with Crippen LogP contribution in [0.25, 0.3) is 11.0 Å². The largest absolute Gasteiger partial charge is 0.445 e. The molecule has 3 atom stereocenters. The van der Waals surface area contributed by atoms with Gasteiger partial charge in [0.2, 0.25) is 0 Å². The molecule has 0 radical (unpaired) electrons. The van der Waals surface area contributed by atoms with Gasteiger partial charge in [-0.2, -0.15) is 13.2 Å². The van der Waals surface area contributed by atoms with E-state index in [-0.39, 0.29) is 28.3 Å². The number of fused-ring (bicyclic) bond motifs is 1. The van der Waals surface area contributed by atoms with E-state index in [0.717, 1.165) is 12.8 Å². The Hall–Kier alpha value is -2.24. The average Bonchev–Trinajstić information content (AvgIpc) is 2.98. The van der Waals surface area contributed by atoms with Gasteiger partial charge in [-0.1, -0.05) is 18.1 Å². The second-order valence-electron chi connectivity index (χ2n) is 7.50. The molecule has 3 unspecified atom stereocenters. The Labute approximate surface area is 166 Å². The quantitative estimate of drug-likeness (QED) is 0.586. The maximum atomic E-state index is 15.0. The summed E-state index contributed by atoms with van der Waals surface area (Å²) in [7, 11) is 3.67.